The van der Waals surface area contributed by atoms with E-state index in [0.29, 0.717) is 34.0 Å². The second-order valence-corrected chi connectivity index (χ2v) is 18.5. The van der Waals surface area contributed by atoms with Gasteiger partial charge in [-0.05, 0) is 82.9 Å². The fourth-order valence-electron chi connectivity index (χ4n) is 10.7. The van der Waals surface area contributed by atoms with Crippen LogP contribution in [0.1, 0.15) is 5.56 Å². The van der Waals surface area contributed by atoms with Gasteiger partial charge in [0.2, 0.25) is 0 Å². The molecule has 0 aliphatic carbocycles. The van der Waals surface area contributed by atoms with Crippen LogP contribution in [0.2, 0.25) is 0 Å². The molecule has 0 unspecified atom stereocenters. The second-order valence-electron chi connectivity index (χ2n) is 18.5. The Bertz CT molecular complexity index is 4450. The van der Waals surface area contributed by atoms with Crippen molar-refractivity contribution in [3.8, 4) is 84.7 Å². The maximum Gasteiger partial charge on any atom is 0.188 e. The number of benzene rings is 10. The highest BCUT2D eigenvalue weighted by atomic mass is 15.0. The molecule has 0 radical (unpaired) electrons. The Balaban J connectivity index is 1.13. The zero-order valence-electron chi connectivity index (χ0n) is 40.5. The van der Waals surface area contributed by atoms with Gasteiger partial charge in [-0.3, -0.25) is 0 Å². The van der Waals surface area contributed by atoms with Gasteiger partial charge in [-0.15, -0.1) is 0 Å². The maximum atomic E-state index is 10.4. The number of aromatic nitrogens is 4. The van der Waals surface area contributed by atoms with E-state index < -0.39 is 0 Å². The van der Waals surface area contributed by atoms with E-state index in [9.17, 15) is 5.26 Å². The molecule has 0 aliphatic heterocycles. The van der Waals surface area contributed by atoms with E-state index in [-0.39, 0.29) is 0 Å². The Labute approximate surface area is 438 Å². The van der Waals surface area contributed by atoms with Crippen LogP contribution < -0.4 is 0 Å². The molecule has 0 spiro atoms. The van der Waals surface area contributed by atoms with Crippen LogP contribution in [0.25, 0.3) is 137 Å². The summed E-state index contributed by atoms with van der Waals surface area (Å²) in [5, 5.41) is 14.6. The van der Waals surface area contributed by atoms with Crippen molar-refractivity contribution < 1.29 is 0 Å². The lowest BCUT2D eigenvalue weighted by Gasteiger charge is -2.20. The van der Waals surface area contributed by atoms with Crippen molar-refractivity contribution in [2.24, 2.45) is 0 Å². The smallest absolute Gasteiger partial charge is 0.188 e. The number of nitrogens with zero attached hydrogens (tertiary/aromatic N) is 8. The van der Waals surface area contributed by atoms with Crippen molar-refractivity contribution in [3.05, 3.63) is 270 Å². The minimum atomic E-state index is 0.391. The lowest BCUT2D eigenvalue weighted by atomic mass is 9.97. The average Bonchev–Trinajstić information content (AvgIpc) is 4.01. The Kier molecular flexibility index (Phi) is 10.9. The van der Waals surface area contributed by atoms with Crippen LogP contribution in [0.4, 0.5) is 17.1 Å². The zero-order valence-corrected chi connectivity index (χ0v) is 40.5. The Morgan fingerprint density at radius 2 is 0.855 bits per heavy atom. The van der Waals surface area contributed by atoms with Crippen LogP contribution >= 0.6 is 0 Å². The van der Waals surface area contributed by atoms with Crippen LogP contribution in [0, 0.1) is 31.0 Å². The van der Waals surface area contributed by atoms with E-state index in [1.165, 1.54) is 0 Å². The van der Waals surface area contributed by atoms with Gasteiger partial charge >= 0.3 is 0 Å². The van der Waals surface area contributed by atoms with Crippen molar-refractivity contribution in [2.45, 2.75) is 0 Å². The first-order chi connectivity index (χ1) is 37.5. The molecule has 0 amide bonds. The SMILES string of the molecule is [C-]#[N+]c1ccc(-c2ccc3c(c2)c2cc(-c4ccc([N+]#[C-])cc4[N+]#[C-])ccc2n3-c2cc(-c3cc(-c4ccccc4)nc(-c4ccccc4)n3)ccc2-c2ccccc2-n2c3ccccc3c3ccccc32)c(C#N)c1. The first-order valence-electron chi connectivity index (χ1n) is 24.6. The van der Waals surface area contributed by atoms with E-state index in [4.69, 9.17) is 29.7 Å². The van der Waals surface area contributed by atoms with Gasteiger partial charge in [-0.2, -0.15) is 5.26 Å². The van der Waals surface area contributed by atoms with Gasteiger partial charge in [0, 0.05) is 54.9 Å². The molecule has 350 valence electrons. The van der Waals surface area contributed by atoms with Crippen molar-refractivity contribution >= 4 is 60.7 Å². The molecule has 13 aromatic rings. The highest BCUT2D eigenvalue weighted by molar-refractivity contribution is 6.13. The molecule has 76 heavy (non-hydrogen) atoms. The number of hydrogen-bond donors (Lipinski definition) is 0. The predicted octanol–water partition coefficient (Wildman–Crippen LogP) is 18.2. The molecule has 3 aromatic heterocycles. The summed E-state index contributed by atoms with van der Waals surface area (Å²) in [4.78, 5) is 21.5. The van der Waals surface area contributed by atoms with Gasteiger partial charge < -0.3 is 9.13 Å². The minimum Gasteiger partial charge on any atom is -0.309 e. The highest BCUT2D eigenvalue weighted by Gasteiger charge is 2.23. The largest absolute Gasteiger partial charge is 0.309 e. The van der Waals surface area contributed by atoms with Crippen molar-refractivity contribution in [1.29, 1.82) is 5.26 Å². The molecule has 0 bridgehead atoms. The molecule has 0 saturated heterocycles. The molecule has 8 nitrogen and oxygen atoms in total. The molecule has 0 aliphatic rings. The first-order valence-corrected chi connectivity index (χ1v) is 24.6. The molecule has 0 atom stereocenters. The summed E-state index contributed by atoms with van der Waals surface area (Å²) in [7, 11) is 0. The van der Waals surface area contributed by atoms with Crippen molar-refractivity contribution in [3.63, 3.8) is 0 Å². The molecule has 10 aromatic carbocycles. The summed E-state index contributed by atoms with van der Waals surface area (Å²) < 4.78 is 4.69. The van der Waals surface area contributed by atoms with Crippen LogP contribution in [-0.4, -0.2) is 19.1 Å². The summed E-state index contributed by atoms with van der Waals surface area (Å²) in [6.07, 6.45) is 0. The number of hydrogen-bond acceptors (Lipinski definition) is 3. The van der Waals surface area contributed by atoms with Gasteiger partial charge in [0.05, 0.1) is 70.6 Å². The third kappa shape index (κ3) is 7.51. The Hall–Kier alpha value is -11.2. The molecule has 3 heterocycles. The number of fused-ring (bicyclic) bond motifs is 6. The molecule has 0 fully saturated rings. The van der Waals surface area contributed by atoms with Gasteiger partial charge in [-0.1, -0.05) is 170 Å². The minimum absolute atomic E-state index is 0.391. The van der Waals surface area contributed by atoms with E-state index in [1.807, 2.05) is 66.7 Å². The maximum absolute atomic E-state index is 10.4. The van der Waals surface area contributed by atoms with Crippen LogP contribution in [-0.2, 0) is 0 Å². The third-order valence-electron chi connectivity index (χ3n) is 14.2. The number of rotatable bonds is 8. The second kappa shape index (κ2) is 18.5. The Morgan fingerprint density at radius 3 is 1.50 bits per heavy atom. The molecular weight excluding hydrogens is 929 g/mol. The zero-order chi connectivity index (χ0) is 51.3. The fraction of sp³-hybridized carbons (Fsp3) is 0. The number of para-hydroxylation sites is 3. The quantitative estimate of drug-likeness (QED) is 0.142. The van der Waals surface area contributed by atoms with Crippen LogP contribution in [0.5, 0.6) is 0 Å². The summed E-state index contributed by atoms with van der Waals surface area (Å²) in [5.74, 6) is 0.612. The topological polar surface area (TPSA) is 72.5 Å². The summed E-state index contributed by atoms with van der Waals surface area (Å²) >= 11 is 0. The van der Waals surface area contributed by atoms with E-state index in [1.54, 1.807) is 24.3 Å². The van der Waals surface area contributed by atoms with Crippen LogP contribution in [0.15, 0.2) is 231 Å². The summed E-state index contributed by atoms with van der Waals surface area (Å²) in [5.41, 5.74) is 16.9. The summed E-state index contributed by atoms with van der Waals surface area (Å²) in [6.45, 7) is 23.5. The summed E-state index contributed by atoms with van der Waals surface area (Å²) in [6, 6.07) is 80.0. The Morgan fingerprint density at radius 1 is 0.355 bits per heavy atom. The van der Waals surface area contributed by atoms with Gasteiger partial charge in [0.1, 0.15) is 0 Å². The average molecular weight is 967 g/mol. The fourth-order valence-corrected chi connectivity index (χ4v) is 10.7. The first kappa shape index (κ1) is 44.8. The molecular formula is C68H38N8. The van der Waals surface area contributed by atoms with E-state index in [2.05, 4.69) is 169 Å². The van der Waals surface area contributed by atoms with E-state index >= 15 is 0 Å². The van der Waals surface area contributed by atoms with E-state index in [0.717, 1.165) is 111 Å². The monoisotopic (exact) mass is 966 g/mol. The highest BCUT2D eigenvalue weighted by Crippen LogP contribution is 2.45. The number of nitriles is 1. The van der Waals surface area contributed by atoms with Crippen molar-refractivity contribution in [2.75, 3.05) is 0 Å². The third-order valence-corrected chi connectivity index (χ3v) is 14.2. The molecule has 13 rings (SSSR count). The van der Waals surface area contributed by atoms with Gasteiger partial charge in [0.15, 0.2) is 22.9 Å². The molecule has 0 saturated carbocycles. The van der Waals surface area contributed by atoms with Gasteiger partial charge in [0.25, 0.3) is 0 Å². The molecule has 0 N–H and O–H groups in total. The van der Waals surface area contributed by atoms with Crippen LogP contribution in [0.3, 0.4) is 0 Å². The standard InChI is InChI=1S/C68H38N8/c1-70-49-29-32-51(48(36-49)42-69)45-27-34-65-57(37-45)58-38-46(52-33-30-50(71-2)40-61(52)72-3)28-35-66(58)76(65)67-39-47(60-41-59(43-16-6-4-7-17-43)73-68(74-60)44-18-8-5-9-19-44)26-31-56(67)55-22-12-15-25-64(55)75-62-23-13-10-20-53(62)54-21-11-14-24-63(54)75/h4-41H. The van der Waals surface area contributed by atoms with Crippen molar-refractivity contribution in [1.82, 2.24) is 19.1 Å². The van der Waals surface area contributed by atoms with Gasteiger partial charge in [-0.25, -0.2) is 24.5 Å². The lowest BCUT2D eigenvalue weighted by Crippen LogP contribution is -2.02. The lowest BCUT2D eigenvalue weighted by molar-refractivity contribution is 1.15. The molecule has 8 heteroatoms. The predicted molar refractivity (Wildman–Crippen MR) is 307 cm³/mol. The normalized spacial score (nSPS) is 11.1.